The summed E-state index contributed by atoms with van der Waals surface area (Å²) in [4.78, 5) is 76.6. The maximum absolute atomic E-state index is 13.9. The quantitative estimate of drug-likeness (QED) is 0.100. The van der Waals surface area contributed by atoms with Crippen LogP contribution in [0.15, 0.2) is 60.7 Å². The van der Waals surface area contributed by atoms with E-state index in [0.29, 0.717) is 25.8 Å². The van der Waals surface area contributed by atoms with Crippen LogP contribution in [0.4, 0.5) is 13.2 Å². The molecule has 310 valence electrons. The number of nitrogens with two attached hydrogens (primary N) is 3. The molecule has 18 heteroatoms. The first-order valence-corrected chi connectivity index (χ1v) is 18.3. The second-order valence-corrected chi connectivity index (χ2v) is 14.2. The smallest absolute Gasteiger partial charge is 0.480 e. The molecule has 1 aliphatic heterocycles. The Morgan fingerprint density at radius 1 is 0.768 bits per heavy atom. The van der Waals surface area contributed by atoms with Crippen molar-refractivity contribution in [3.8, 4) is 0 Å². The predicted octanol–water partition coefficient (Wildman–Crippen LogP) is 1.47. The zero-order valence-corrected chi connectivity index (χ0v) is 31.6. The van der Waals surface area contributed by atoms with Gasteiger partial charge in [-0.05, 0) is 68.5 Å². The second-order valence-electron chi connectivity index (χ2n) is 14.2. The monoisotopic (exact) mass is 793 g/mol. The summed E-state index contributed by atoms with van der Waals surface area (Å²) >= 11 is 0. The van der Waals surface area contributed by atoms with E-state index in [9.17, 15) is 42.3 Å². The largest absolute Gasteiger partial charge is 0.490 e. The van der Waals surface area contributed by atoms with Crippen molar-refractivity contribution in [2.75, 3.05) is 19.6 Å². The molecule has 0 saturated carbocycles. The van der Waals surface area contributed by atoms with E-state index < -0.39 is 65.5 Å². The number of carboxylic acids is 2. The van der Waals surface area contributed by atoms with Gasteiger partial charge in [0.15, 0.2) is 0 Å². The number of halogens is 3. The number of aliphatic carboxylic acids is 2. The molecule has 0 radical (unpaired) electrons. The highest BCUT2D eigenvalue weighted by Gasteiger charge is 2.41. The van der Waals surface area contributed by atoms with E-state index in [1.807, 2.05) is 74.5 Å². The number of unbranched alkanes of at least 4 members (excludes halogenated alkanes) is 1. The Kier molecular flexibility index (Phi) is 18.9. The van der Waals surface area contributed by atoms with Gasteiger partial charge in [0.1, 0.15) is 23.7 Å². The number of alkyl halides is 3. The fourth-order valence-corrected chi connectivity index (χ4v) is 5.86. The van der Waals surface area contributed by atoms with Gasteiger partial charge < -0.3 is 48.3 Å². The molecule has 0 unspecified atom stereocenters. The highest BCUT2D eigenvalue weighted by atomic mass is 19.4. The predicted molar refractivity (Wildman–Crippen MR) is 200 cm³/mol. The standard InChI is InChI=1S/C36H53N7O6.C2HF3O2/c1-24(2)21-29(32(45)40-28(15-9-10-18-37)34(47)43-19-16-36(39,17-20-43)35(48)49)42-33(46)30(23-26-13-7-4-8-14-26)41-31(44)27(38)22-25-11-5-3-6-12-25;3-2(4,5)1(6)7/h3-8,11-14,24,27-30H,9-10,15-23,37-39H2,1-2H3,(H,40,45)(H,41,44)(H,42,46)(H,48,49);(H,6,7)/t27-,28-,29-,30-;/m1./s1. The lowest BCUT2D eigenvalue weighted by Crippen LogP contribution is -2.60. The van der Waals surface area contributed by atoms with Crippen molar-refractivity contribution in [1.82, 2.24) is 20.9 Å². The highest BCUT2D eigenvalue weighted by molar-refractivity contribution is 5.95. The number of carbonyl (C=O) groups excluding carboxylic acids is 4. The lowest BCUT2D eigenvalue weighted by Gasteiger charge is -2.38. The number of amides is 4. The van der Waals surface area contributed by atoms with E-state index in [2.05, 4.69) is 16.0 Å². The number of rotatable bonds is 18. The average molecular weight is 794 g/mol. The molecule has 2 aromatic rings. The van der Waals surface area contributed by atoms with Gasteiger partial charge in [-0.2, -0.15) is 13.2 Å². The molecule has 4 atom stereocenters. The van der Waals surface area contributed by atoms with Gasteiger partial charge in [-0.25, -0.2) is 4.79 Å². The number of carboxylic acid groups (broad SMARTS) is 2. The van der Waals surface area contributed by atoms with E-state index in [4.69, 9.17) is 27.1 Å². The van der Waals surface area contributed by atoms with Crippen molar-refractivity contribution in [3.05, 3.63) is 71.8 Å². The van der Waals surface area contributed by atoms with Gasteiger partial charge in [-0.15, -0.1) is 0 Å². The summed E-state index contributed by atoms with van der Waals surface area (Å²) in [6.07, 6.45) is -2.64. The topological polar surface area (TPSA) is 260 Å². The normalized spacial score (nSPS) is 15.9. The summed E-state index contributed by atoms with van der Waals surface area (Å²) in [6, 6.07) is 14.7. The molecule has 1 heterocycles. The van der Waals surface area contributed by atoms with Crippen molar-refractivity contribution in [2.45, 2.75) is 101 Å². The minimum atomic E-state index is -5.08. The van der Waals surface area contributed by atoms with Crippen molar-refractivity contribution < 1.29 is 52.2 Å². The zero-order chi connectivity index (χ0) is 42.1. The summed E-state index contributed by atoms with van der Waals surface area (Å²) in [6.45, 7) is 4.53. The summed E-state index contributed by atoms with van der Waals surface area (Å²) in [5.41, 5.74) is 18.2. The number of likely N-dealkylation sites (tertiary alicyclic amines) is 1. The van der Waals surface area contributed by atoms with E-state index in [-0.39, 0.29) is 57.0 Å². The molecule has 1 saturated heterocycles. The molecule has 15 nitrogen and oxygen atoms in total. The van der Waals surface area contributed by atoms with Gasteiger partial charge >= 0.3 is 18.1 Å². The highest BCUT2D eigenvalue weighted by Crippen LogP contribution is 2.21. The molecule has 56 heavy (non-hydrogen) atoms. The molecular weight excluding hydrogens is 739 g/mol. The van der Waals surface area contributed by atoms with Crippen LogP contribution in [0.2, 0.25) is 0 Å². The van der Waals surface area contributed by atoms with Gasteiger partial charge in [-0.3, -0.25) is 24.0 Å². The zero-order valence-electron chi connectivity index (χ0n) is 31.6. The Labute approximate surface area is 323 Å². The Balaban J connectivity index is 0.00000141. The number of piperidine rings is 1. The van der Waals surface area contributed by atoms with Crippen LogP contribution in [-0.4, -0.2) is 106 Å². The molecule has 3 rings (SSSR count). The first-order valence-electron chi connectivity index (χ1n) is 18.3. The average Bonchev–Trinajstić information content (AvgIpc) is 3.14. The fourth-order valence-electron chi connectivity index (χ4n) is 5.86. The second kappa shape index (κ2) is 22.5. The number of nitrogens with one attached hydrogen (secondary N) is 3. The molecule has 0 aromatic heterocycles. The third-order valence-electron chi connectivity index (χ3n) is 9.09. The van der Waals surface area contributed by atoms with Gasteiger partial charge in [0.25, 0.3) is 0 Å². The Morgan fingerprint density at radius 3 is 1.70 bits per heavy atom. The first kappa shape index (κ1) is 47.1. The first-order chi connectivity index (χ1) is 26.3. The van der Waals surface area contributed by atoms with Crippen LogP contribution in [0.1, 0.15) is 63.5 Å². The van der Waals surface area contributed by atoms with Crippen LogP contribution in [0.3, 0.4) is 0 Å². The van der Waals surface area contributed by atoms with Gasteiger partial charge in [0.2, 0.25) is 23.6 Å². The number of benzene rings is 2. The van der Waals surface area contributed by atoms with E-state index in [1.165, 1.54) is 4.90 Å². The third kappa shape index (κ3) is 16.0. The van der Waals surface area contributed by atoms with Crippen molar-refractivity contribution in [3.63, 3.8) is 0 Å². The number of nitrogens with zero attached hydrogens (tertiary/aromatic N) is 1. The molecule has 2 aromatic carbocycles. The molecule has 0 bridgehead atoms. The maximum Gasteiger partial charge on any atom is 0.490 e. The Morgan fingerprint density at radius 2 is 1.23 bits per heavy atom. The van der Waals surface area contributed by atoms with Gasteiger partial charge in [0, 0.05) is 19.5 Å². The molecule has 0 aliphatic carbocycles. The van der Waals surface area contributed by atoms with Crippen LogP contribution in [-0.2, 0) is 41.6 Å². The number of carbonyl (C=O) groups is 6. The molecule has 4 amide bonds. The summed E-state index contributed by atoms with van der Waals surface area (Å²) in [7, 11) is 0. The van der Waals surface area contributed by atoms with Crippen LogP contribution < -0.4 is 33.2 Å². The molecule has 11 N–H and O–H groups in total. The lowest BCUT2D eigenvalue weighted by atomic mass is 9.88. The Hall–Kier alpha value is -5.07. The van der Waals surface area contributed by atoms with Crippen LogP contribution in [0, 0.1) is 5.92 Å². The molecular formula is C38H54F3N7O8. The summed E-state index contributed by atoms with van der Waals surface area (Å²) in [5.74, 6) is -5.79. The van der Waals surface area contributed by atoms with E-state index in [1.54, 1.807) is 0 Å². The number of hydrogen-bond donors (Lipinski definition) is 8. The third-order valence-corrected chi connectivity index (χ3v) is 9.09. The molecule has 0 spiro atoms. The van der Waals surface area contributed by atoms with Crippen molar-refractivity contribution in [1.29, 1.82) is 0 Å². The van der Waals surface area contributed by atoms with E-state index >= 15 is 0 Å². The Bertz CT molecular complexity index is 1590. The molecule has 1 aliphatic rings. The SMILES string of the molecule is CC(C)C[C@@H](NC(=O)[C@@H](Cc1ccccc1)NC(=O)[C@H](N)Cc1ccccc1)C(=O)N[C@H](CCCCN)C(=O)N1CCC(N)(C(=O)O)CC1.O=C(O)C(F)(F)F. The van der Waals surface area contributed by atoms with Crippen molar-refractivity contribution in [2.24, 2.45) is 23.1 Å². The van der Waals surface area contributed by atoms with Gasteiger partial charge in [-0.1, -0.05) is 74.5 Å². The lowest BCUT2D eigenvalue weighted by molar-refractivity contribution is -0.192. The van der Waals surface area contributed by atoms with Gasteiger partial charge in [0.05, 0.1) is 6.04 Å². The minimum absolute atomic E-state index is 0.000286. The number of hydrogen-bond acceptors (Lipinski definition) is 9. The summed E-state index contributed by atoms with van der Waals surface area (Å²) in [5, 5.41) is 25.1. The molecule has 1 fully saturated rings. The minimum Gasteiger partial charge on any atom is -0.480 e. The summed E-state index contributed by atoms with van der Waals surface area (Å²) < 4.78 is 31.7. The van der Waals surface area contributed by atoms with Crippen molar-refractivity contribution >= 4 is 35.6 Å². The maximum atomic E-state index is 13.9. The van der Waals surface area contributed by atoms with Crippen LogP contribution >= 0.6 is 0 Å². The van der Waals surface area contributed by atoms with Crippen LogP contribution in [0.25, 0.3) is 0 Å². The van der Waals surface area contributed by atoms with E-state index in [0.717, 1.165) is 11.1 Å². The van der Waals surface area contributed by atoms with Crippen LogP contribution in [0.5, 0.6) is 0 Å². The fraction of sp³-hybridized carbons (Fsp3) is 0.526.